The van der Waals surface area contributed by atoms with E-state index < -0.39 is 12.1 Å². The first-order chi connectivity index (χ1) is 7.09. The molecule has 0 fully saturated rings. The Morgan fingerprint density at radius 3 is 2.87 bits per heavy atom. The third kappa shape index (κ3) is 1.59. The first kappa shape index (κ1) is 9.73. The van der Waals surface area contributed by atoms with Gasteiger partial charge in [-0.1, -0.05) is 12.1 Å². The molecule has 1 unspecified atom stereocenters. The second-order valence-corrected chi connectivity index (χ2v) is 3.36. The summed E-state index contributed by atoms with van der Waals surface area (Å²) in [6.07, 6.45) is -1.51. The molecule has 0 radical (unpaired) electrons. The van der Waals surface area contributed by atoms with Crippen molar-refractivity contribution in [3.8, 4) is 0 Å². The fourth-order valence-corrected chi connectivity index (χ4v) is 1.58. The molecule has 2 rings (SSSR count). The van der Waals surface area contributed by atoms with Gasteiger partial charge in [-0.05, 0) is 19.1 Å². The molecule has 1 atom stereocenters. The average molecular weight is 206 g/mol. The van der Waals surface area contributed by atoms with Crippen molar-refractivity contribution in [1.29, 1.82) is 0 Å². The Labute approximate surface area is 85.8 Å². The summed E-state index contributed by atoms with van der Waals surface area (Å²) < 4.78 is 5.33. The molecule has 2 N–H and O–H groups in total. The summed E-state index contributed by atoms with van der Waals surface area (Å²) in [6.45, 7) is 1.77. The number of hydrogen-bond acceptors (Lipinski definition) is 3. The summed E-state index contributed by atoms with van der Waals surface area (Å²) in [7, 11) is 0. The van der Waals surface area contributed by atoms with E-state index in [1.54, 1.807) is 31.2 Å². The van der Waals surface area contributed by atoms with E-state index in [9.17, 15) is 9.90 Å². The molecule has 0 aliphatic heterocycles. The summed E-state index contributed by atoms with van der Waals surface area (Å²) in [4.78, 5) is 10.7. The van der Waals surface area contributed by atoms with Gasteiger partial charge >= 0.3 is 5.97 Å². The number of furan rings is 1. The standard InChI is InChI=1S/C11H10O4/c1-6-5-8-7(10(12)11(13)14)3-2-4-9(8)15-6/h2-5,10,12H,1H3,(H,13,14). The van der Waals surface area contributed by atoms with Crippen molar-refractivity contribution < 1.29 is 19.4 Å². The monoisotopic (exact) mass is 206 g/mol. The Morgan fingerprint density at radius 1 is 1.47 bits per heavy atom. The molecule has 0 aliphatic rings. The van der Waals surface area contributed by atoms with Crippen LogP contribution >= 0.6 is 0 Å². The number of aliphatic hydroxyl groups excluding tert-OH is 1. The molecule has 1 aromatic carbocycles. The van der Waals surface area contributed by atoms with Gasteiger partial charge in [0, 0.05) is 10.9 Å². The third-order valence-corrected chi connectivity index (χ3v) is 2.25. The van der Waals surface area contributed by atoms with E-state index in [0.29, 0.717) is 22.3 Å². The second kappa shape index (κ2) is 3.40. The van der Waals surface area contributed by atoms with Gasteiger partial charge in [0.15, 0.2) is 6.10 Å². The topological polar surface area (TPSA) is 70.7 Å². The zero-order valence-electron chi connectivity index (χ0n) is 8.10. The van der Waals surface area contributed by atoms with Gasteiger partial charge in [-0.25, -0.2) is 4.79 Å². The molecule has 1 aromatic heterocycles. The van der Waals surface area contributed by atoms with E-state index in [-0.39, 0.29) is 0 Å². The number of aryl methyl sites for hydroxylation is 1. The highest BCUT2D eigenvalue weighted by atomic mass is 16.4. The first-order valence-corrected chi connectivity index (χ1v) is 4.49. The molecular formula is C11H10O4. The molecule has 0 aliphatic carbocycles. The molecular weight excluding hydrogens is 196 g/mol. The Bertz CT molecular complexity index is 512. The number of hydrogen-bond donors (Lipinski definition) is 2. The van der Waals surface area contributed by atoms with Crippen LogP contribution in [-0.2, 0) is 4.79 Å². The molecule has 4 heteroatoms. The maximum atomic E-state index is 10.7. The average Bonchev–Trinajstić information content (AvgIpc) is 2.56. The largest absolute Gasteiger partial charge is 0.479 e. The van der Waals surface area contributed by atoms with Crippen LogP contribution in [0.4, 0.5) is 0 Å². The predicted molar refractivity (Wildman–Crippen MR) is 53.5 cm³/mol. The fourth-order valence-electron chi connectivity index (χ4n) is 1.58. The summed E-state index contributed by atoms with van der Waals surface area (Å²) in [6, 6.07) is 6.69. The van der Waals surface area contributed by atoms with Gasteiger partial charge < -0.3 is 14.6 Å². The molecule has 0 bridgehead atoms. The number of fused-ring (bicyclic) bond motifs is 1. The Kier molecular flexibility index (Phi) is 2.21. The van der Waals surface area contributed by atoms with E-state index in [1.807, 2.05) is 0 Å². The summed E-state index contributed by atoms with van der Waals surface area (Å²) in [5.74, 6) is -0.573. The van der Waals surface area contributed by atoms with E-state index in [2.05, 4.69) is 0 Å². The zero-order valence-corrected chi connectivity index (χ0v) is 8.10. The van der Waals surface area contributed by atoms with Crippen LogP contribution in [0, 0.1) is 6.92 Å². The zero-order chi connectivity index (χ0) is 11.0. The van der Waals surface area contributed by atoms with E-state index >= 15 is 0 Å². The number of carboxylic acids is 1. The van der Waals surface area contributed by atoms with Gasteiger partial charge in [-0.3, -0.25) is 0 Å². The molecule has 78 valence electrons. The quantitative estimate of drug-likeness (QED) is 0.786. The molecule has 0 saturated heterocycles. The Balaban J connectivity index is 2.64. The number of carbonyl (C=O) groups is 1. The minimum atomic E-state index is -1.51. The number of aliphatic carboxylic acids is 1. The van der Waals surface area contributed by atoms with Gasteiger partial charge in [-0.15, -0.1) is 0 Å². The predicted octanol–water partition coefficient (Wildman–Crippen LogP) is 1.86. The van der Waals surface area contributed by atoms with Gasteiger partial charge in [0.25, 0.3) is 0 Å². The summed E-state index contributed by atoms with van der Waals surface area (Å²) in [5.41, 5.74) is 0.946. The molecule has 0 amide bonds. The van der Waals surface area contributed by atoms with Crippen molar-refractivity contribution in [1.82, 2.24) is 0 Å². The van der Waals surface area contributed by atoms with Gasteiger partial charge in [0.1, 0.15) is 11.3 Å². The van der Waals surface area contributed by atoms with Crippen LogP contribution in [0.15, 0.2) is 28.7 Å². The van der Waals surface area contributed by atoms with E-state index in [0.717, 1.165) is 0 Å². The SMILES string of the molecule is Cc1cc2c(C(O)C(=O)O)cccc2o1. The van der Waals surface area contributed by atoms with Crippen LogP contribution < -0.4 is 0 Å². The van der Waals surface area contributed by atoms with Crippen molar-refractivity contribution in [3.63, 3.8) is 0 Å². The lowest BCUT2D eigenvalue weighted by Crippen LogP contribution is -2.10. The summed E-state index contributed by atoms with van der Waals surface area (Å²) in [5, 5.41) is 18.8. The van der Waals surface area contributed by atoms with Crippen molar-refractivity contribution in [2.45, 2.75) is 13.0 Å². The van der Waals surface area contributed by atoms with Crippen molar-refractivity contribution in [2.24, 2.45) is 0 Å². The van der Waals surface area contributed by atoms with Crippen LogP contribution in [0.5, 0.6) is 0 Å². The Hall–Kier alpha value is -1.81. The fraction of sp³-hybridized carbons (Fsp3) is 0.182. The van der Waals surface area contributed by atoms with Crippen molar-refractivity contribution in [3.05, 3.63) is 35.6 Å². The minimum Gasteiger partial charge on any atom is -0.479 e. The van der Waals surface area contributed by atoms with Crippen LogP contribution in [0.25, 0.3) is 11.0 Å². The molecule has 0 saturated carbocycles. The maximum absolute atomic E-state index is 10.7. The molecule has 2 aromatic rings. The number of rotatable bonds is 2. The highest BCUT2D eigenvalue weighted by Crippen LogP contribution is 2.27. The third-order valence-electron chi connectivity index (χ3n) is 2.25. The van der Waals surface area contributed by atoms with Gasteiger partial charge in [0.05, 0.1) is 0 Å². The number of benzene rings is 1. The highest BCUT2D eigenvalue weighted by Gasteiger charge is 2.19. The highest BCUT2D eigenvalue weighted by molar-refractivity contribution is 5.87. The number of aliphatic hydroxyl groups is 1. The lowest BCUT2D eigenvalue weighted by Gasteiger charge is -2.05. The molecule has 4 nitrogen and oxygen atoms in total. The van der Waals surface area contributed by atoms with Crippen molar-refractivity contribution in [2.75, 3.05) is 0 Å². The van der Waals surface area contributed by atoms with Gasteiger partial charge in [-0.2, -0.15) is 0 Å². The summed E-state index contributed by atoms with van der Waals surface area (Å²) >= 11 is 0. The minimum absolute atomic E-state index is 0.358. The Morgan fingerprint density at radius 2 is 2.20 bits per heavy atom. The normalized spacial score (nSPS) is 12.9. The van der Waals surface area contributed by atoms with Crippen LogP contribution in [0.2, 0.25) is 0 Å². The molecule has 1 heterocycles. The first-order valence-electron chi connectivity index (χ1n) is 4.49. The van der Waals surface area contributed by atoms with Crippen LogP contribution in [0.1, 0.15) is 17.4 Å². The maximum Gasteiger partial charge on any atom is 0.337 e. The smallest absolute Gasteiger partial charge is 0.337 e. The second-order valence-electron chi connectivity index (χ2n) is 3.36. The van der Waals surface area contributed by atoms with Crippen LogP contribution in [-0.4, -0.2) is 16.2 Å². The van der Waals surface area contributed by atoms with Gasteiger partial charge in [0.2, 0.25) is 0 Å². The number of carboxylic acid groups (broad SMARTS) is 1. The van der Waals surface area contributed by atoms with Crippen LogP contribution in [0.3, 0.4) is 0 Å². The molecule has 15 heavy (non-hydrogen) atoms. The van der Waals surface area contributed by atoms with E-state index in [4.69, 9.17) is 9.52 Å². The molecule has 0 spiro atoms. The lowest BCUT2D eigenvalue weighted by molar-refractivity contribution is -0.146. The van der Waals surface area contributed by atoms with Crippen molar-refractivity contribution >= 4 is 16.9 Å². The van der Waals surface area contributed by atoms with E-state index in [1.165, 1.54) is 0 Å². The lowest BCUT2D eigenvalue weighted by atomic mass is 10.1.